The Bertz CT molecular complexity index is 1230. The van der Waals surface area contributed by atoms with E-state index in [1.807, 2.05) is 44.2 Å². The molecule has 168 valence electrons. The van der Waals surface area contributed by atoms with Crippen molar-refractivity contribution in [2.45, 2.75) is 40.2 Å². The predicted molar refractivity (Wildman–Crippen MR) is 129 cm³/mol. The zero-order chi connectivity index (χ0) is 23.0. The number of rotatable bonds is 7. The molecular formula is C26H29ClN2O3. The smallest absolute Gasteiger partial charge is 0.290 e. The van der Waals surface area contributed by atoms with E-state index in [1.54, 1.807) is 11.0 Å². The van der Waals surface area contributed by atoms with Gasteiger partial charge in [0.15, 0.2) is 5.43 Å². The highest BCUT2D eigenvalue weighted by molar-refractivity contribution is 6.30. The Morgan fingerprint density at radius 2 is 1.78 bits per heavy atom. The highest BCUT2D eigenvalue weighted by Gasteiger charge is 2.42. The number of aryl methyl sites for hydroxylation is 2. The molecule has 0 saturated carbocycles. The van der Waals surface area contributed by atoms with E-state index < -0.39 is 6.04 Å². The van der Waals surface area contributed by atoms with Crippen molar-refractivity contribution in [3.63, 3.8) is 0 Å². The monoisotopic (exact) mass is 452 g/mol. The minimum atomic E-state index is -0.504. The molecule has 2 heterocycles. The van der Waals surface area contributed by atoms with Gasteiger partial charge in [0.1, 0.15) is 5.58 Å². The number of carbonyl (C=O) groups is 1. The number of fused-ring (bicyclic) bond motifs is 2. The molecule has 0 radical (unpaired) electrons. The topological polar surface area (TPSA) is 53.8 Å². The average molecular weight is 453 g/mol. The molecule has 3 aromatic rings. The summed E-state index contributed by atoms with van der Waals surface area (Å²) < 4.78 is 6.08. The number of benzene rings is 2. The second-order valence-electron chi connectivity index (χ2n) is 8.44. The molecule has 1 atom stereocenters. The molecule has 5 nitrogen and oxygen atoms in total. The van der Waals surface area contributed by atoms with Crippen LogP contribution in [0.4, 0.5) is 0 Å². The number of amides is 1. The Morgan fingerprint density at radius 3 is 2.47 bits per heavy atom. The minimum Gasteiger partial charge on any atom is -0.450 e. The number of carbonyl (C=O) groups excluding carboxylic acids is 1. The van der Waals surface area contributed by atoms with Crippen LogP contribution in [0.15, 0.2) is 45.6 Å². The van der Waals surface area contributed by atoms with E-state index in [4.69, 9.17) is 16.0 Å². The van der Waals surface area contributed by atoms with E-state index in [2.05, 4.69) is 18.7 Å². The fourth-order valence-corrected chi connectivity index (χ4v) is 4.73. The van der Waals surface area contributed by atoms with Crippen LogP contribution in [0.2, 0.25) is 5.02 Å². The molecule has 2 aromatic carbocycles. The van der Waals surface area contributed by atoms with Gasteiger partial charge in [-0.1, -0.05) is 37.6 Å². The molecule has 4 rings (SSSR count). The molecule has 1 unspecified atom stereocenters. The summed E-state index contributed by atoms with van der Waals surface area (Å²) in [4.78, 5) is 31.2. The number of halogens is 1. The second-order valence-corrected chi connectivity index (χ2v) is 8.88. The largest absolute Gasteiger partial charge is 0.450 e. The summed E-state index contributed by atoms with van der Waals surface area (Å²) in [7, 11) is 0. The van der Waals surface area contributed by atoms with Gasteiger partial charge in [-0.15, -0.1) is 0 Å². The normalized spacial score (nSPS) is 15.8. The van der Waals surface area contributed by atoms with Crippen molar-refractivity contribution >= 4 is 28.5 Å². The minimum absolute atomic E-state index is 0.145. The summed E-state index contributed by atoms with van der Waals surface area (Å²) in [6, 6.07) is 10.6. The summed E-state index contributed by atoms with van der Waals surface area (Å²) in [5, 5.41) is 1.08. The molecule has 1 amide bonds. The van der Waals surface area contributed by atoms with Gasteiger partial charge in [-0.2, -0.15) is 0 Å². The molecule has 0 aliphatic carbocycles. The first-order valence-corrected chi connectivity index (χ1v) is 11.6. The van der Waals surface area contributed by atoms with E-state index in [0.29, 0.717) is 28.1 Å². The number of hydrogen-bond donors (Lipinski definition) is 0. The van der Waals surface area contributed by atoms with Crippen LogP contribution in [-0.2, 0) is 0 Å². The van der Waals surface area contributed by atoms with E-state index in [9.17, 15) is 9.59 Å². The molecule has 32 heavy (non-hydrogen) atoms. The zero-order valence-electron chi connectivity index (χ0n) is 19.1. The van der Waals surface area contributed by atoms with E-state index in [-0.39, 0.29) is 17.1 Å². The van der Waals surface area contributed by atoms with Crippen molar-refractivity contribution in [1.82, 2.24) is 9.80 Å². The van der Waals surface area contributed by atoms with Crippen LogP contribution in [0.3, 0.4) is 0 Å². The van der Waals surface area contributed by atoms with Crippen molar-refractivity contribution in [3.8, 4) is 0 Å². The van der Waals surface area contributed by atoms with Gasteiger partial charge in [0.05, 0.1) is 17.0 Å². The molecule has 1 aromatic heterocycles. The molecule has 6 heteroatoms. The van der Waals surface area contributed by atoms with Gasteiger partial charge in [0, 0.05) is 11.6 Å². The van der Waals surface area contributed by atoms with Crippen molar-refractivity contribution in [2.24, 2.45) is 0 Å². The highest BCUT2D eigenvalue weighted by Crippen LogP contribution is 2.39. The van der Waals surface area contributed by atoms with Crippen LogP contribution in [0.5, 0.6) is 0 Å². The summed E-state index contributed by atoms with van der Waals surface area (Å²) in [5.74, 6) is -0.0830. The third-order valence-electron chi connectivity index (χ3n) is 6.51. The van der Waals surface area contributed by atoms with Crippen LogP contribution in [0, 0.1) is 13.8 Å². The van der Waals surface area contributed by atoms with Crippen LogP contribution >= 0.6 is 11.6 Å². The Labute approximate surface area is 193 Å². The van der Waals surface area contributed by atoms with Gasteiger partial charge in [0.25, 0.3) is 5.91 Å². The molecule has 0 N–H and O–H groups in total. The standard InChI is InChI=1S/C26H29ClN2O3/c1-5-28(6-2)11-8-12-29-23(18-9-7-10-19(27)15-18)22-24(30)20-13-16(3)17(4)14-21(20)32-25(22)26(29)31/h7,9-10,13-15,23H,5-6,8,11-12H2,1-4H3. The maximum absolute atomic E-state index is 13.6. The Kier molecular flexibility index (Phi) is 6.40. The van der Waals surface area contributed by atoms with Crippen LogP contribution < -0.4 is 5.43 Å². The maximum Gasteiger partial charge on any atom is 0.290 e. The Balaban J connectivity index is 1.83. The van der Waals surface area contributed by atoms with Crippen LogP contribution in [-0.4, -0.2) is 41.9 Å². The van der Waals surface area contributed by atoms with Crippen LogP contribution in [0.25, 0.3) is 11.0 Å². The van der Waals surface area contributed by atoms with Crippen molar-refractivity contribution < 1.29 is 9.21 Å². The van der Waals surface area contributed by atoms with Gasteiger partial charge >= 0.3 is 0 Å². The molecule has 1 aliphatic rings. The van der Waals surface area contributed by atoms with Gasteiger partial charge < -0.3 is 14.2 Å². The summed E-state index contributed by atoms with van der Waals surface area (Å²) in [6.07, 6.45) is 0.810. The Morgan fingerprint density at radius 1 is 1.06 bits per heavy atom. The highest BCUT2D eigenvalue weighted by atomic mass is 35.5. The van der Waals surface area contributed by atoms with Crippen molar-refractivity contribution in [2.75, 3.05) is 26.2 Å². The van der Waals surface area contributed by atoms with E-state index in [1.165, 1.54) is 0 Å². The lowest BCUT2D eigenvalue weighted by molar-refractivity contribution is 0.0720. The molecule has 0 spiro atoms. The first kappa shape index (κ1) is 22.6. The SMILES string of the molecule is CCN(CC)CCCN1C(=O)c2oc3cc(C)c(C)cc3c(=O)c2C1c1cccc(Cl)c1. The average Bonchev–Trinajstić information content (AvgIpc) is 3.05. The molecule has 0 saturated heterocycles. The lowest BCUT2D eigenvalue weighted by atomic mass is 9.97. The lowest BCUT2D eigenvalue weighted by Gasteiger charge is -2.26. The molecule has 0 bridgehead atoms. The summed E-state index contributed by atoms with van der Waals surface area (Å²) in [5.41, 5.74) is 3.59. The fourth-order valence-electron chi connectivity index (χ4n) is 4.53. The quantitative estimate of drug-likeness (QED) is 0.485. The van der Waals surface area contributed by atoms with Gasteiger partial charge in [0.2, 0.25) is 5.76 Å². The van der Waals surface area contributed by atoms with Gasteiger partial charge in [-0.05, 0) is 80.9 Å². The first-order chi connectivity index (χ1) is 15.3. The van der Waals surface area contributed by atoms with E-state index >= 15 is 0 Å². The first-order valence-electron chi connectivity index (χ1n) is 11.2. The molecular weight excluding hydrogens is 424 g/mol. The predicted octanol–water partition coefficient (Wildman–Crippen LogP) is 5.34. The molecule has 1 aliphatic heterocycles. The number of nitrogens with zero attached hydrogens (tertiary/aromatic N) is 2. The summed E-state index contributed by atoms with van der Waals surface area (Å²) in [6.45, 7) is 11.6. The third kappa shape index (κ3) is 3.96. The maximum atomic E-state index is 13.6. The fraction of sp³-hybridized carbons (Fsp3) is 0.385. The van der Waals surface area contributed by atoms with Crippen molar-refractivity contribution in [3.05, 3.63) is 79.7 Å². The number of hydrogen-bond acceptors (Lipinski definition) is 4. The van der Waals surface area contributed by atoms with Gasteiger partial charge in [-0.25, -0.2) is 0 Å². The van der Waals surface area contributed by atoms with Crippen LogP contribution in [0.1, 0.15) is 59.1 Å². The summed E-state index contributed by atoms with van der Waals surface area (Å²) >= 11 is 6.28. The molecule has 0 fully saturated rings. The Hall–Kier alpha value is -2.63. The third-order valence-corrected chi connectivity index (χ3v) is 6.75. The van der Waals surface area contributed by atoms with Crippen molar-refractivity contribution in [1.29, 1.82) is 0 Å². The van der Waals surface area contributed by atoms with Gasteiger partial charge in [-0.3, -0.25) is 9.59 Å². The van der Waals surface area contributed by atoms with E-state index in [0.717, 1.165) is 42.7 Å². The zero-order valence-corrected chi connectivity index (χ0v) is 19.8. The second kappa shape index (κ2) is 9.08. The lowest BCUT2D eigenvalue weighted by Crippen LogP contribution is -2.33.